The minimum absolute atomic E-state index is 0.0137. The summed E-state index contributed by atoms with van der Waals surface area (Å²) in [4.78, 5) is 36.0. The number of carbonyl (C=O) groups is 3. The fourth-order valence-corrected chi connectivity index (χ4v) is 5.14. The van der Waals surface area contributed by atoms with E-state index in [4.69, 9.17) is 11.5 Å². The molecule has 0 heterocycles. The summed E-state index contributed by atoms with van der Waals surface area (Å²) in [5.41, 5.74) is 11.7. The van der Waals surface area contributed by atoms with E-state index in [1.54, 1.807) is 44.2 Å². The van der Waals surface area contributed by atoms with Gasteiger partial charge in [0, 0.05) is 28.9 Å². The third-order valence-electron chi connectivity index (χ3n) is 5.11. The number of para-hydroxylation sites is 1. The highest BCUT2D eigenvalue weighted by atomic mass is 32.2. The number of anilines is 2. The molecule has 0 bridgehead atoms. The Balaban J connectivity index is 1.98. The van der Waals surface area contributed by atoms with Crippen LogP contribution in [-0.2, 0) is 10.0 Å². The van der Waals surface area contributed by atoms with Crippen molar-refractivity contribution in [3.05, 3.63) is 89.0 Å². The van der Waals surface area contributed by atoms with Crippen molar-refractivity contribution in [1.29, 1.82) is 0 Å². The van der Waals surface area contributed by atoms with Gasteiger partial charge in [-0.3, -0.25) is 18.7 Å². The lowest BCUT2D eigenvalue weighted by Gasteiger charge is -2.24. The van der Waals surface area contributed by atoms with E-state index >= 15 is 0 Å². The van der Waals surface area contributed by atoms with E-state index < -0.39 is 27.7 Å². The Morgan fingerprint density at radius 2 is 1.44 bits per heavy atom. The summed E-state index contributed by atoms with van der Waals surface area (Å²) in [5.74, 6) is -2.25. The number of primary amides is 2. The quantitative estimate of drug-likeness (QED) is 0.452. The van der Waals surface area contributed by atoms with Crippen molar-refractivity contribution in [2.45, 2.75) is 18.7 Å². The Kier molecular flexibility index (Phi) is 7.02. The Morgan fingerprint density at radius 3 is 1.97 bits per heavy atom. The Labute approximate surface area is 197 Å². The molecule has 3 rings (SSSR count). The molecule has 0 atom stereocenters. The van der Waals surface area contributed by atoms with Gasteiger partial charge in [-0.2, -0.15) is 0 Å². The minimum Gasteiger partial charge on any atom is -0.366 e. The van der Waals surface area contributed by atoms with Crippen molar-refractivity contribution >= 4 is 39.1 Å². The smallest absolute Gasteiger partial charge is 0.264 e. The molecule has 10 heteroatoms. The number of hydrogen-bond donors (Lipinski definition) is 3. The SMILES string of the molecule is CCN(c1ccccc1)S(=O)(=O)c1cc(C(=O)Nc2cc(C(N)=O)cc(C(N)=O)c2)ccc1C. The van der Waals surface area contributed by atoms with Crippen LogP contribution >= 0.6 is 0 Å². The first-order chi connectivity index (χ1) is 16.0. The third kappa shape index (κ3) is 5.07. The fraction of sp³-hybridized carbons (Fsp3) is 0.125. The van der Waals surface area contributed by atoms with Crippen molar-refractivity contribution in [2.24, 2.45) is 11.5 Å². The molecule has 0 saturated heterocycles. The summed E-state index contributed by atoms with van der Waals surface area (Å²) in [5, 5.41) is 2.56. The Morgan fingerprint density at radius 1 is 0.853 bits per heavy atom. The summed E-state index contributed by atoms with van der Waals surface area (Å²) in [6, 6.07) is 16.8. The molecule has 0 aliphatic carbocycles. The molecule has 0 aromatic heterocycles. The van der Waals surface area contributed by atoms with Crippen LogP contribution in [0, 0.1) is 6.92 Å². The normalized spacial score (nSPS) is 11.0. The molecular formula is C24H24N4O5S. The summed E-state index contributed by atoms with van der Waals surface area (Å²) >= 11 is 0. The lowest BCUT2D eigenvalue weighted by atomic mass is 10.1. The number of amides is 3. The largest absolute Gasteiger partial charge is 0.366 e. The average molecular weight is 481 g/mol. The van der Waals surface area contributed by atoms with E-state index in [9.17, 15) is 22.8 Å². The van der Waals surface area contributed by atoms with E-state index in [0.29, 0.717) is 11.3 Å². The minimum atomic E-state index is -3.97. The molecule has 176 valence electrons. The molecule has 9 nitrogen and oxygen atoms in total. The molecule has 0 saturated carbocycles. The molecule has 0 unspecified atom stereocenters. The highest BCUT2D eigenvalue weighted by molar-refractivity contribution is 7.92. The van der Waals surface area contributed by atoms with Gasteiger partial charge in [0.1, 0.15) is 0 Å². The van der Waals surface area contributed by atoms with Crippen LogP contribution in [0.4, 0.5) is 11.4 Å². The zero-order valence-corrected chi connectivity index (χ0v) is 19.4. The molecule has 0 fully saturated rings. The van der Waals surface area contributed by atoms with Gasteiger partial charge in [0.25, 0.3) is 15.9 Å². The fourth-order valence-electron chi connectivity index (χ4n) is 3.41. The highest BCUT2D eigenvalue weighted by Gasteiger charge is 2.26. The predicted octanol–water partition coefficient (Wildman–Crippen LogP) is 2.66. The number of nitrogens with two attached hydrogens (primary N) is 2. The van der Waals surface area contributed by atoms with Crippen molar-refractivity contribution in [1.82, 2.24) is 0 Å². The predicted molar refractivity (Wildman–Crippen MR) is 129 cm³/mol. The lowest BCUT2D eigenvalue weighted by Crippen LogP contribution is -2.31. The van der Waals surface area contributed by atoms with Crippen LogP contribution in [0.15, 0.2) is 71.6 Å². The molecular weight excluding hydrogens is 456 g/mol. The molecule has 5 N–H and O–H groups in total. The highest BCUT2D eigenvalue weighted by Crippen LogP contribution is 2.27. The first-order valence-electron chi connectivity index (χ1n) is 10.3. The van der Waals surface area contributed by atoms with Gasteiger partial charge in [-0.1, -0.05) is 24.3 Å². The topological polar surface area (TPSA) is 153 Å². The Bertz CT molecular complexity index is 1340. The van der Waals surface area contributed by atoms with Crippen LogP contribution in [0.1, 0.15) is 43.6 Å². The average Bonchev–Trinajstić information content (AvgIpc) is 2.79. The van der Waals surface area contributed by atoms with Crippen LogP contribution < -0.4 is 21.1 Å². The van der Waals surface area contributed by atoms with E-state index in [1.165, 1.54) is 40.7 Å². The van der Waals surface area contributed by atoms with Crippen LogP contribution in [-0.4, -0.2) is 32.7 Å². The molecule has 0 spiro atoms. The second-order valence-corrected chi connectivity index (χ2v) is 9.30. The molecule has 0 aliphatic heterocycles. The third-order valence-corrected chi connectivity index (χ3v) is 7.15. The second-order valence-electron chi connectivity index (χ2n) is 7.47. The number of carbonyl (C=O) groups excluding carboxylic acids is 3. The van der Waals surface area contributed by atoms with Crippen LogP contribution in [0.2, 0.25) is 0 Å². The van der Waals surface area contributed by atoms with Gasteiger partial charge < -0.3 is 16.8 Å². The second kappa shape index (κ2) is 9.75. The number of nitrogens with zero attached hydrogens (tertiary/aromatic N) is 1. The lowest BCUT2D eigenvalue weighted by molar-refractivity contribution is 0.0994. The van der Waals surface area contributed by atoms with Gasteiger partial charge in [-0.15, -0.1) is 0 Å². The molecule has 3 amide bonds. The summed E-state index contributed by atoms with van der Waals surface area (Å²) in [7, 11) is -3.97. The molecule has 3 aromatic rings. The van der Waals surface area contributed by atoms with Crippen molar-refractivity contribution in [3.63, 3.8) is 0 Å². The number of rotatable bonds is 8. The van der Waals surface area contributed by atoms with Gasteiger partial charge in [0.2, 0.25) is 11.8 Å². The molecule has 3 aromatic carbocycles. The first-order valence-corrected chi connectivity index (χ1v) is 11.7. The van der Waals surface area contributed by atoms with Gasteiger partial charge in [-0.05, 0) is 61.9 Å². The van der Waals surface area contributed by atoms with Crippen LogP contribution in [0.3, 0.4) is 0 Å². The molecule has 0 aliphatic rings. The monoisotopic (exact) mass is 480 g/mol. The molecule has 0 radical (unpaired) electrons. The number of sulfonamides is 1. The van der Waals surface area contributed by atoms with Gasteiger partial charge in [0.15, 0.2) is 0 Å². The van der Waals surface area contributed by atoms with Crippen molar-refractivity contribution in [3.8, 4) is 0 Å². The summed E-state index contributed by atoms with van der Waals surface area (Å²) in [6.07, 6.45) is 0. The van der Waals surface area contributed by atoms with E-state index in [-0.39, 0.29) is 33.8 Å². The van der Waals surface area contributed by atoms with Gasteiger partial charge in [0.05, 0.1) is 10.6 Å². The summed E-state index contributed by atoms with van der Waals surface area (Å²) in [6.45, 7) is 3.55. The van der Waals surface area contributed by atoms with Crippen molar-refractivity contribution in [2.75, 3.05) is 16.2 Å². The van der Waals surface area contributed by atoms with Crippen LogP contribution in [0.5, 0.6) is 0 Å². The molecule has 34 heavy (non-hydrogen) atoms. The standard InChI is InChI=1S/C24H24N4O5S/c1-3-28(20-7-5-4-6-8-20)34(32,33)21-14-16(10-9-15(21)2)24(31)27-19-12-17(22(25)29)11-18(13-19)23(26)30/h4-14H,3H2,1-2H3,(H2,25,29)(H2,26,30)(H,27,31). The Hall–Kier alpha value is -4.18. The van der Waals surface area contributed by atoms with Crippen molar-refractivity contribution < 1.29 is 22.8 Å². The zero-order valence-electron chi connectivity index (χ0n) is 18.6. The number of aryl methyl sites for hydroxylation is 1. The number of hydrogen-bond acceptors (Lipinski definition) is 5. The number of nitrogens with one attached hydrogen (secondary N) is 1. The zero-order chi connectivity index (χ0) is 25.0. The van der Waals surface area contributed by atoms with Gasteiger partial charge in [-0.25, -0.2) is 8.42 Å². The number of benzene rings is 3. The van der Waals surface area contributed by atoms with E-state index in [1.807, 2.05) is 0 Å². The summed E-state index contributed by atoms with van der Waals surface area (Å²) < 4.78 is 28.2. The maximum Gasteiger partial charge on any atom is 0.264 e. The van der Waals surface area contributed by atoms with E-state index in [2.05, 4.69) is 5.32 Å². The maximum absolute atomic E-state index is 13.4. The van der Waals surface area contributed by atoms with Crippen LogP contribution in [0.25, 0.3) is 0 Å². The van der Waals surface area contributed by atoms with Gasteiger partial charge >= 0.3 is 0 Å². The maximum atomic E-state index is 13.4. The van der Waals surface area contributed by atoms with E-state index in [0.717, 1.165) is 0 Å². The first kappa shape index (κ1) is 24.5.